The van der Waals surface area contributed by atoms with Crippen molar-refractivity contribution in [3.8, 4) is 11.3 Å². The van der Waals surface area contributed by atoms with Crippen LogP contribution in [0.3, 0.4) is 0 Å². The third kappa shape index (κ3) is 2.60. The topological polar surface area (TPSA) is 66.5 Å². The molecule has 19 heavy (non-hydrogen) atoms. The van der Waals surface area contributed by atoms with Gasteiger partial charge in [-0.05, 0) is 12.1 Å². The normalized spacial score (nSPS) is 10.3. The van der Waals surface area contributed by atoms with Crippen molar-refractivity contribution in [2.24, 2.45) is 0 Å². The lowest BCUT2D eigenvalue weighted by Crippen LogP contribution is -2.01. The first-order valence-corrected chi connectivity index (χ1v) is 6.02. The summed E-state index contributed by atoms with van der Waals surface area (Å²) in [4.78, 5) is 4.06. The molecule has 1 aromatic carbocycles. The summed E-state index contributed by atoms with van der Waals surface area (Å²) in [7, 11) is 0. The molecular weight excluding hydrogens is 238 g/mol. The van der Waals surface area contributed by atoms with Crippen LogP contribution in [0.1, 0.15) is 5.69 Å². The highest BCUT2D eigenvalue weighted by Gasteiger charge is 2.09. The van der Waals surface area contributed by atoms with Gasteiger partial charge in [-0.1, -0.05) is 30.3 Å². The van der Waals surface area contributed by atoms with Crippen molar-refractivity contribution < 1.29 is 0 Å². The summed E-state index contributed by atoms with van der Waals surface area (Å²) in [6.07, 6.45) is 3.53. The van der Waals surface area contributed by atoms with Gasteiger partial charge in [-0.2, -0.15) is 15.4 Å². The molecule has 3 aromatic rings. The molecule has 94 valence electrons. The Bertz CT molecular complexity index is 633. The molecule has 0 spiro atoms. The number of hydrogen-bond donors (Lipinski definition) is 2. The second-order valence-electron chi connectivity index (χ2n) is 4.08. The zero-order valence-corrected chi connectivity index (χ0v) is 10.2. The van der Waals surface area contributed by atoms with E-state index in [0.717, 1.165) is 22.6 Å². The van der Waals surface area contributed by atoms with Crippen molar-refractivity contribution in [1.29, 1.82) is 0 Å². The van der Waals surface area contributed by atoms with Crippen molar-refractivity contribution in [2.45, 2.75) is 6.54 Å². The third-order valence-corrected chi connectivity index (χ3v) is 2.79. The van der Waals surface area contributed by atoms with Gasteiger partial charge in [-0.25, -0.2) is 0 Å². The number of H-pyrrole nitrogens is 1. The SMILES string of the molecule is c1ccc(-c2n[nH]nc2CNc2cccnc2)cc1. The van der Waals surface area contributed by atoms with Crippen molar-refractivity contribution in [2.75, 3.05) is 5.32 Å². The highest BCUT2D eigenvalue weighted by atomic mass is 15.3. The second kappa shape index (κ2) is 5.30. The molecular formula is C14H13N5. The predicted molar refractivity (Wildman–Crippen MR) is 73.4 cm³/mol. The van der Waals surface area contributed by atoms with Gasteiger partial charge in [0.05, 0.1) is 12.2 Å². The molecule has 0 atom stereocenters. The zero-order chi connectivity index (χ0) is 12.9. The summed E-state index contributed by atoms with van der Waals surface area (Å²) >= 11 is 0. The van der Waals surface area contributed by atoms with Crippen molar-refractivity contribution in [3.05, 3.63) is 60.6 Å². The molecule has 0 amide bonds. The van der Waals surface area contributed by atoms with Crippen LogP contribution in [0.4, 0.5) is 5.69 Å². The van der Waals surface area contributed by atoms with Gasteiger partial charge >= 0.3 is 0 Å². The van der Waals surface area contributed by atoms with Crippen LogP contribution in [0.15, 0.2) is 54.9 Å². The van der Waals surface area contributed by atoms with E-state index in [9.17, 15) is 0 Å². The van der Waals surface area contributed by atoms with Gasteiger partial charge in [0.1, 0.15) is 11.4 Å². The van der Waals surface area contributed by atoms with Crippen LogP contribution < -0.4 is 5.32 Å². The quantitative estimate of drug-likeness (QED) is 0.747. The lowest BCUT2D eigenvalue weighted by Gasteiger charge is -2.04. The Morgan fingerprint density at radius 1 is 1.00 bits per heavy atom. The van der Waals surface area contributed by atoms with Crippen LogP contribution in [0.2, 0.25) is 0 Å². The highest BCUT2D eigenvalue weighted by molar-refractivity contribution is 5.61. The maximum absolute atomic E-state index is 4.21. The Balaban J connectivity index is 1.78. The minimum atomic E-state index is 0.604. The Labute approximate surface area is 110 Å². The Kier molecular flexibility index (Phi) is 3.18. The maximum atomic E-state index is 4.21. The van der Waals surface area contributed by atoms with Crippen LogP contribution in [0.5, 0.6) is 0 Å². The van der Waals surface area contributed by atoms with Crippen LogP contribution in [0.25, 0.3) is 11.3 Å². The number of nitrogens with one attached hydrogen (secondary N) is 2. The molecule has 2 N–H and O–H groups in total. The van der Waals surface area contributed by atoms with E-state index in [1.807, 2.05) is 42.5 Å². The molecule has 0 fully saturated rings. The molecule has 0 aliphatic carbocycles. The smallest absolute Gasteiger partial charge is 0.117 e. The first kappa shape index (κ1) is 11.4. The van der Waals surface area contributed by atoms with E-state index in [4.69, 9.17) is 0 Å². The Hall–Kier alpha value is -2.69. The fraction of sp³-hybridized carbons (Fsp3) is 0.0714. The van der Waals surface area contributed by atoms with E-state index in [2.05, 4.69) is 25.7 Å². The average Bonchev–Trinajstić information content (AvgIpc) is 2.95. The minimum absolute atomic E-state index is 0.604. The van der Waals surface area contributed by atoms with Gasteiger partial charge in [0, 0.05) is 18.0 Å². The molecule has 0 bridgehead atoms. The van der Waals surface area contributed by atoms with Gasteiger partial charge in [0.25, 0.3) is 0 Å². The van der Waals surface area contributed by atoms with E-state index in [1.165, 1.54) is 0 Å². The van der Waals surface area contributed by atoms with Gasteiger partial charge < -0.3 is 5.32 Å². The molecule has 0 radical (unpaired) electrons. The third-order valence-electron chi connectivity index (χ3n) is 2.79. The van der Waals surface area contributed by atoms with Crippen LogP contribution in [0, 0.1) is 0 Å². The van der Waals surface area contributed by atoms with E-state index >= 15 is 0 Å². The molecule has 2 aromatic heterocycles. The molecule has 2 heterocycles. The van der Waals surface area contributed by atoms with Crippen molar-refractivity contribution >= 4 is 5.69 Å². The number of anilines is 1. The minimum Gasteiger partial charge on any atom is -0.378 e. The molecule has 5 nitrogen and oxygen atoms in total. The fourth-order valence-electron chi connectivity index (χ4n) is 1.86. The van der Waals surface area contributed by atoms with Crippen LogP contribution >= 0.6 is 0 Å². The molecule has 0 saturated heterocycles. The van der Waals surface area contributed by atoms with E-state index in [0.29, 0.717) is 6.54 Å². The average molecular weight is 251 g/mol. The molecule has 0 aliphatic rings. The summed E-state index contributed by atoms with van der Waals surface area (Å²) in [5.74, 6) is 0. The predicted octanol–water partition coefficient (Wildman–Crippen LogP) is 2.48. The monoisotopic (exact) mass is 251 g/mol. The van der Waals surface area contributed by atoms with Gasteiger partial charge in [0.2, 0.25) is 0 Å². The van der Waals surface area contributed by atoms with Crippen LogP contribution in [-0.4, -0.2) is 20.4 Å². The summed E-state index contributed by atoms with van der Waals surface area (Å²) < 4.78 is 0. The fourth-order valence-corrected chi connectivity index (χ4v) is 1.86. The molecule has 5 heteroatoms. The molecule has 0 unspecified atom stereocenters. The lowest BCUT2D eigenvalue weighted by atomic mass is 10.1. The van der Waals surface area contributed by atoms with Crippen molar-refractivity contribution in [1.82, 2.24) is 20.4 Å². The number of pyridine rings is 1. The Morgan fingerprint density at radius 3 is 2.68 bits per heavy atom. The number of aromatic amines is 1. The van der Waals surface area contributed by atoms with Crippen molar-refractivity contribution in [3.63, 3.8) is 0 Å². The number of hydrogen-bond acceptors (Lipinski definition) is 4. The highest BCUT2D eigenvalue weighted by Crippen LogP contribution is 2.19. The van der Waals surface area contributed by atoms with Gasteiger partial charge in [0.15, 0.2) is 0 Å². The van der Waals surface area contributed by atoms with E-state index in [-0.39, 0.29) is 0 Å². The van der Waals surface area contributed by atoms with E-state index in [1.54, 1.807) is 12.4 Å². The number of benzene rings is 1. The summed E-state index contributed by atoms with van der Waals surface area (Å²) in [5, 5.41) is 14.3. The number of rotatable bonds is 4. The van der Waals surface area contributed by atoms with E-state index < -0.39 is 0 Å². The summed E-state index contributed by atoms with van der Waals surface area (Å²) in [6, 6.07) is 13.9. The Morgan fingerprint density at radius 2 is 1.89 bits per heavy atom. The standard InChI is InChI=1S/C14H13N5/c1-2-5-11(6-3-1)14-13(17-19-18-14)10-16-12-7-4-8-15-9-12/h1-9,16H,10H2,(H,17,18,19). The molecule has 3 rings (SSSR count). The molecule has 0 aliphatic heterocycles. The number of aromatic nitrogens is 4. The zero-order valence-electron chi connectivity index (χ0n) is 10.2. The second-order valence-corrected chi connectivity index (χ2v) is 4.08. The summed E-state index contributed by atoms with van der Waals surface area (Å²) in [5.41, 5.74) is 3.77. The first-order chi connectivity index (χ1) is 9.43. The van der Waals surface area contributed by atoms with Gasteiger partial charge in [-0.15, -0.1) is 0 Å². The molecule has 0 saturated carbocycles. The lowest BCUT2D eigenvalue weighted by molar-refractivity contribution is 0.911. The largest absolute Gasteiger partial charge is 0.378 e. The number of nitrogens with zero attached hydrogens (tertiary/aromatic N) is 3. The first-order valence-electron chi connectivity index (χ1n) is 6.02. The summed E-state index contributed by atoms with van der Waals surface area (Å²) in [6.45, 7) is 0.604. The van der Waals surface area contributed by atoms with Gasteiger partial charge in [-0.3, -0.25) is 4.98 Å². The maximum Gasteiger partial charge on any atom is 0.117 e. The van der Waals surface area contributed by atoms with Crippen LogP contribution in [-0.2, 0) is 6.54 Å².